The molecule has 1 aromatic heterocycles. The van der Waals surface area contributed by atoms with Gasteiger partial charge < -0.3 is 10.3 Å². The predicted molar refractivity (Wildman–Crippen MR) is 68.9 cm³/mol. The SMILES string of the molecule is CSc1cc(C)c(C)c(-c2noc(CN)n2)c1. The Bertz CT molecular complexity index is 537. The molecule has 0 atom stereocenters. The van der Waals surface area contributed by atoms with Crippen LogP contribution < -0.4 is 5.73 Å². The lowest BCUT2D eigenvalue weighted by atomic mass is 10.0. The highest BCUT2D eigenvalue weighted by Crippen LogP contribution is 2.28. The topological polar surface area (TPSA) is 64.9 Å². The summed E-state index contributed by atoms with van der Waals surface area (Å²) in [5, 5.41) is 3.96. The summed E-state index contributed by atoms with van der Waals surface area (Å²) < 4.78 is 5.04. The van der Waals surface area contributed by atoms with Gasteiger partial charge in [0.15, 0.2) is 0 Å². The van der Waals surface area contributed by atoms with Crippen LogP contribution in [-0.4, -0.2) is 16.4 Å². The Morgan fingerprint density at radius 3 is 2.71 bits per heavy atom. The number of benzene rings is 1. The third kappa shape index (κ3) is 2.35. The van der Waals surface area contributed by atoms with Crippen molar-refractivity contribution in [3.8, 4) is 11.4 Å². The fourth-order valence-electron chi connectivity index (χ4n) is 1.62. The monoisotopic (exact) mass is 249 g/mol. The molecule has 17 heavy (non-hydrogen) atoms. The lowest BCUT2D eigenvalue weighted by Gasteiger charge is -2.07. The van der Waals surface area contributed by atoms with Crippen LogP contribution in [0.15, 0.2) is 21.6 Å². The number of rotatable bonds is 3. The Morgan fingerprint density at radius 2 is 2.12 bits per heavy atom. The third-order valence-corrected chi connectivity index (χ3v) is 3.47. The van der Waals surface area contributed by atoms with E-state index in [-0.39, 0.29) is 6.54 Å². The second-order valence-corrected chi connectivity index (χ2v) is 4.71. The van der Waals surface area contributed by atoms with E-state index in [4.69, 9.17) is 10.3 Å². The molecular weight excluding hydrogens is 234 g/mol. The molecule has 0 saturated heterocycles. The number of thioether (sulfide) groups is 1. The van der Waals surface area contributed by atoms with Gasteiger partial charge in [0.05, 0.1) is 6.54 Å². The maximum Gasteiger partial charge on any atom is 0.240 e. The van der Waals surface area contributed by atoms with E-state index in [0.717, 1.165) is 5.56 Å². The quantitative estimate of drug-likeness (QED) is 0.847. The molecule has 0 fully saturated rings. The highest BCUT2D eigenvalue weighted by molar-refractivity contribution is 7.98. The summed E-state index contributed by atoms with van der Waals surface area (Å²) in [4.78, 5) is 5.46. The van der Waals surface area contributed by atoms with E-state index >= 15 is 0 Å². The van der Waals surface area contributed by atoms with Gasteiger partial charge in [0.2, 0.25) is 11.7 Å². The number of aromatic nitrogens is 2. The van der Waals surface area contributed by atoms with Crippen LogP contribution in [0, 0.1) is 13.8 Å². The molecule has 0 bridgehead atoms. The smallest absolute Gasteiger partial charge is 0.240 e. The van der Waals surface area contributed by atoms with Crippen LogP contribution in [0.5, 0.6) is 0 Å². The zero-order chi connectivity index (χ0) is 12.4. The van der Waals surface area contributed by atoms with Gasteiger partial charge in [-0.3, -0.25) is 0 Å². The van der Waals surface area contributed by atoms with Crippen molar-refractivity contribution in [1.29, 1.82) is 0 Å². The highest BCUT2D eigenvalue weighted by atomic mass is 32.2. The number of hydrogen-bond acceptors (Lipinski definition) is 5. The van der Waals surface area contributed by atoms with Gasteiger partial charge in [-0.1, -0.05) is 5.16 Å². The summed E-state index contributed by atoms with van der Waals surface area (Å²) in [5.74, 6) is 1.08. The minimum absolute atomic E-state index is 0.271. The van der Waals surface area contributed by atoms with Crippen molar-refractivity contribution < 1.29 is 4.52 Å². The lowest BCUT2D eigenvalue weighted by Crippen LogP contribution is -1.96. The third-order valence-electron chi connectivity index (χ3n) is 2.76. The Balaban J connectivity index is 2.53. The summed E-state index contributed by atoms with van der Waals surface area (Å²) in [7, 11) is 0. The summed E-state index contributed by atoms with van der Waals surface area (Å²) in [6.45, 7) is 4.42. The van der Waals surface area contributed by atoms with Gasteiger partial charge >= 0.3 is 0 Å². The van der Waals surface area contributed by atoms with E-state index in [0.29, 0.717) is 11.7 Å². The van der Waals surface area contributed by atoms with Crippen molar-refractivity contribution in [3.63, 3.8) is 0 Å². The van der Waals surface area contributed by atoms with Crippen LogP contribution in [0.25, 0.3) is 11.4 Å². The van der Waals surface area contributed by atoms with Crippen molar-refractivity contribution in [2.75, 3.05) is 6.26 Å². The van der Waals surface area contributed by atoms with Crippen molar-refractivity contribution >= 4 is 11.8 Å². The Labute approximate surface area is 105 Å². The Morgan fingerprint density at radius 1 is 1.35 bits per heavy atom. The van der Waals surface area contributed by atoms with Crippen molar-refractivity contribution in [3.05, 3.63) is 29.2 Å². The van der Waals surface area contributed by atoms with Gasteiger partial charge in [-0.05, 0) is 43.4 Å². The second kappa shape index (κ2) is 4.89. The minimum atomic E-state index is 0.271. The summed E-state index contributed by atoms with van der Waals surface area (Å²) >= 11 is 1.70. The first-order valence-electron chi connectivity index (χ1n) is 5.34. The molecular formula is C12H15N3OS. The molecule has 0 unspecified atom stereocenters. The van der Waals surface area contributed by atoms with E-state index in [1.807, 2.05) is 0 Å². The second-order valence-electron chi connectivity index (χ2n) is 3.83. The van der Waals surface area contributed by atoms with E-state index < -0.39 is 0 Å². The minimum Gasteiger partial charge on any atom is -0.338 e. The standard InChI is InChI=1S/C12H15N3OS/c1-7-4-9(17-3)5-10(8(7)2)12-14-11(6-13)16-15-12/h4-5H,6,13H2,1-3H3. The lowest BCUT2D eigenvalue weighted by molar-refractivity contribution is 0.380. The number of aryl methyl sites for hydroxylation is 1. The Kier molecular flexibility index (Phi) is 3.49. The molecule has 0 aliphatic heterocycles. The molecule has 0 radical (unpaired) electrons. The molecule has 90 valence electrons. The van der Waals surface area contributed by atoms with Crippen LogP contribution in [0.1, 0.15) is 17.0 Å². The van der Waals surface area contributed by atoms with E-state index in [2.05, 4.69) is 42.4 Å². The molecule has 0 spiro atoms. The molecule has 0 aliphatic rings. The van der Waals surface area contributed by atoms with Gasteiger partial charge in [0.25, 0.3) is 0 Å². The van der Waals surface area contributed by atoms with Crippen molar-refractivity contribution in [1.82, 2.24) is 10.1 Å². The van der Waals surface area contributed by atoms with Crippen LogP contribution in [0.2, 0.25) is 0 Å². The summed E-state index contributed by atoms with van der Waals surface area (Å²) in [6, 6.07) is 4.24. The molecule has 0 aliphatic carbocycles. The molecule has 0 amide bonds. The molecule has 4 nitrogen and oxygen atoms in total. The van der Waals surface area contributed by atoms with Gasteiger partial charge in [0.1, 0.15) is 0 Å². The normalized spacial score (nSPS) is 10.8. The summed E-state index contributed by atoms with van der Waals surface area (Å²) in [6.07, 6.45) is 2.05. The fraction of sp³-hybridized carbons (Fsp3) is 0.333. The van der Waals surface area contributed by atoms with E-state index in [9.17, 15) is 0 Å². The zero-order valence-electron chi connectivity index (χ0n) is 10.2. The van der Waals surface area contributed by atoms with Crippen LogP contribution in [-0.2, 0) is 6.54 Å². The van der Waals surface area contributed by atoms with Crippen LogP contribution in [0.4, 0.5) is 0 Å². The summed E-state index contributed by atoms with van der Waals surface area (Å²) in [5.41, 5.74) is 8.88. The Hall–Kier alpha value is -1.33. The predicted octanol–water partition coefficient (Wildman–Crippen LogP) is 2.53. The molecule has 2 N–H and O–H groups in total. The molecule has 1 aromatic carbocycles. The van der Waals surface area contributed by atoms with E-state index in [1.165, 1.54) is 16.0 Å². The first-order valence-corrected chi connectivity index (χ1v) is 6.56. The fourth-order valence-corrected chi connectivity index (χ4v) is 2.15. The molecule has 2 rings (SSSR count). The average molecular weight is 249 g/mol. The maximum absolute atomic E-state index is 5.46. The van der Waals surface area contributed by atoms with Gasteiger partial charge in [-0.15, -0.1) is 11.8 Å². The largest absolute Gasteiger partial charge is 0.338 e. The van der Waals surface area contributed by atoms with Crippen LogP contribution >= 0.6 is 11.8 Å². The number of nitrogens with two attached hydrogens (primary N) is 1. The molecule has 0 saturated carbocycles. The van der Waals surface area contributed by atoms with E-state index in [1.54, 1.807) is 11.8 Å². The average Bonchev–Trinajstić information content (AvgIpc) is 2.81. The van der Waals surface area contributed by atoms with Crippen LogP contribution in [0.3, 0.4) is 0 Å². The maximum atomic E-state index is 5.46. The van der Waals surface area contributed by atoms with Crippen molar-refractivity contribution in [2.24, 2.45) is 5.73 Å². The highest BCUT2D eigenvalue weighted by Gasteiger charge is 2.12. The zero-order valence-corrected chi connectivity index (χ0v) is 11.0. The first kappa shape index (κ1) is 12.1. The van der Waals surface area contributed by atoms with Gasteiger partial charge in [-0.25, -0.2) is 0 Å². The van der Waals surface area contributed by atoms with Gasteiger partial charge in [0, 0.05) is 10.5 Å². The molecule has 5 heteroatoms. The molecule has 1 heterocycles. The molecule has 2 aromatic rings. The number of nitrogens with zero attached hydrogens (tertiary/aromatic N) is 2. The first-order chi connectivity index (χ1) is 8.15. The van der Waals surface area contributed by atoms with Gasteiger partial charge in [-0.2, -0.15) is 4.98 Å². The van der Waals surface area contributed by atoms with Crippen molar-refractivity contribution in [2.45, 2.75) is 25.3 Å². The number of hydrogen-bond donors (Lipinski definition) is 1.